The standard InChI is InChI=1S/C37H36Si/c1-25-22-34-29(27-18-20-28(21-19-27)37(2,3)24-38(4)5)16-11-17-32(34)36(25)35-23-33(26-12-7-6-8-13-26)30-14-9-10-15-31(30)35/h6-24,35-36H,1-5H3. The lowest BCUT2D eigenvalue weighted by molar-refractivity contribution is 0.723. The van der Waals surface area contributed by atoms with Gasteiger partial charge in [-0.15, -0.1) is 0 Å². The molecule has 0 saturated carbocycles. The third-order valence-corrected chi connectivity index (χ3v) is 9.63. The van der Waals surface area contributed by atoms with Gasteiger partial charge in [0, 0.05) is 17.3 Å². The fraction of sp³-hybridized carbons (Fsp3) is 0.216. The zero-order valence-corrected chi connectivity index (χ0v) is 24.1. The van der Waals surface area contributed by atoms with Crippen LogP contribution in [0, 0.1) is 0 Å². The number of benzene rings is 4. The van der Waals surface area contributed by atoms with Crippen LogP contribution in [-0.2, 0) is 5.41 Å². The molecule has 0 aliphatic heterocycles. The van der Waals surface area contributed by atoms with Crippen molar-refractivity contribution in [3.8, 4) is 11.1 Å². The first kappa shape index (κ1) is 24.8. The van der Waals surface area contributed by atoms with Crippen molar-refractivity contribution in [3.63, 3.8) is 0 Å². The molecule has 38 heavy (non-hydrogen) atoms. The number of rotatable bonds is 5. The maximum atomic E-state index is 2.54. The van der Waals surface area contributed by atoms with Gasteiger partial charge in [-0.2, -0.15) is 0 Å². The minimum atomic E-state index is -0.408. The minimum Gasteiger partial charge on any atom is -0.0942 e. The second-order valence-electron chi connectivity index (χ2n) is 11.8. The third kappa shape index (κ3) is 4.29. The van der Waals surface area contributed by atoms with Gasteiger partial charge >= 0.3 is 0 Å². The monoisotopic (exact) mass is 508 g/mol. The van der Waals surface area contributed by atoms with Gasteiger partial charge in [0.2, 0.25) is 0 Å². The summed E-state index contributed by atoms with van der Waals surface area (Å²) in [5.74, 6) is 0.696. The molecule has 4 aromatic carbocycles. The lowest BCUT2D eigenvalue weighted by Crippen LogP contribution is -2.22. The summed E-state index contributed by atoms with van der Waals surface area (Å²) < 4.78 is 0. The van der Waals surface area contributed by atoms with E-state index in [0.29, 0.717) is 11.8 Å². The Balaban J connectivity index is 1.40. The molecule has 0 nitrogen and oxygen atoms in total. The van der Waals surface area contributed by atoms with E-state index in [0.717, 1.165) is 0 Å². The van der Waals surface area contributed by atoms with E-state index >= 15 is 0 Å². The lowest BCUT2D eigenvalue weighted by atomic mass is 9.80. The first-order valence-electron chi connectivity index (χ1n) is 13.8. The molecular formula is C37H36Si. The summed E-state index contributed by atoms with van der Waals surface area (Å²) in [6.07, 6.45) is 4.97. The summed E-state index contributed by atoms with van der Waals surface area (Å²) in [5, 5.41) is 0. The molecule has 0 bridgehead atoms. The molecule has 2 atom stereocenters. The van der Waals surface area contributed by atoms with Crippen LogP contribution in [0.5, 0.6) is 0 Å². The normalized spacial score (nSPS) is 17.9. The molecule has 0 aromatic heterocycles. The van der Waals surface area contributed by atoms with Gasteiger partial charge in [0.05, 0.1) is 0 Å². The molecule has 0 spiro atoms. The quantitative estimate of drug-likeness (QED) is 0.235. The molecule has 0 radical (unpaired) electrons. The Hall–Kier alpha value is -3.55. The van der Waals surface area contributed by atoms with Gasteiger partial charge in [-0.05, 0) is 65.4 Å². The summed E-state index contributed by atoms with van der Waals surface area (Å²) in [6, 6.07) is 36.1. The van der Waals surface area contributed by atoms with Crippen LogP contribution < -0.4 is 0 Å². The fourth-order valence-electron chi connectivity index (χ4n) is 6.73. The Labute approximate surface area is 229 Å². The fourth-order valence-corrected chi connectivity index (χ4v) is 8.34. The predicted octanol–water partition coefficient (Wildman–Crippen LogP) is 9.50. The molecule has 0 saturated heterocycles. The molecule has 0 N–H and O–H groups in total. The van der Waals surface area contributed by atoms with Crippen LogP contribution in [-0.4, -0.2) is 14.1 Å². The SMILES string of the molecule is CC1=Cc2c(-c3ccc(C(C)(C)C=[Si](C)C)cc3)cccc2C1C1C=C(c2ccccc2)c2ccccc21. The van der Waals surface area contributed by atoms with Crippen LogP contribution in [0.2, 0.25) is 13.1 Å². The number of allylic oxidation sites excluding steroid dienone is 2. The minimum absolute atomic E-state index is 0.106. The first-order chi connectivity index (χ1) is 18.3. The van der Waals surface area contributed by atoms with Crippen LogP contribution in [0.25, 0.3) is 22.8 Å². The topological polar surface area (TPSA) is 0 Å². The van der Waals surface area contributed by atoms with Crippen molar-refractivity contribution >= 4 is 25.7 Å². The molecule has 0 heterocycles. The van der Waals surface area contributed by atoms with E-state index in [9.17, 15) is 0 Å². The maximum Gasteiger partial charge on any atom is 0.0159 e. The molecule has 2 unspecified atom stereocenters. The summed E-state index contributed by atoms with van der Waals surface area (Å²) in [4.78, 5) is 0. The highest BCUT2D eigenvalue weighted by molar-refractivity contribution is 6.64. The number of fused-ring (bicyclic) bond motifs is 2. The Morgan fingerprint density at radius 1 is 0.684 bits per heavy atom. The van der Waals surface area contributed by atoms with E-state index in [-0.39, 0.29) is 5.41 Å². The van der Waals surface area contributed by atoms with E-state index in [1.54, 1.807) is 0 Å². The Morgan fingerprint density at radius 3 is 2.08 bits per heavy atom. The molecule has 2 aliphatic carbocycles. The Bertz CT molecular complexity index is 1590. The molecule has 1 heteroatoms. The molecular weight excluding hydrogens is 472 g/mol. The van der Waals surface area contributed by atoms with E-state index in [4.69, 9.17) is 0 Å². The summed E-state index contributed by atoms with van der Waals surface area (Å²) in [6.45, 7) is 11.7. The summed E-state index contributed by atoms with van der Waals surface area (Å²) in [7, 11) is -0.408. The highest BCUT2D eigenvalue weighted by Gasteiger charge is 2.36. The predicted molar refractivity (Wildman–Crippen MR) is 168 cm³/mol. The van der Waals surface area contributed by atoms with Gasteiger partial charge in [0.1, 0.15) is 0 Å². The molecule has 0 fully saturated rings. The van der Waals surface area contributed by atoms with Gasteiger partial charge in [0.15, 0.2) is 0 Å². The molecule has 2 aliphatic rings. The number of hydrogen-bond acceptors (Lipinski definition) is 0. The summed E-state index contributed by atoms with van der Waals surface area (Å²) >= 11 is 0. The maximum absolute atomic E-state index is 2.54. The van der Waals surface area contributed by atoms with Gasteiger partial charge in [-0.3, -0.25) is 0 Å². The smallest absolute Gasteiger partial charge is 0.0159 e. The highest BCUT2D eigenvalue weighted by atomic mass is 28.2. The van der Waals surface area contributed by atoms with E-state index in [1.165, 1.54) is 55.7 Å². The zero-order chi connectivity index (χ0) is 26.4. The van der Waals surface area contributed by atoms with Crippen LogP contribution >= 0.6 is 0 Å². The Morgan fingerprint density at radius 2 is 1.34 bits per heavy atom. The van der Waals surface area contributed by atoms with Crippen molar-refractivity contribution in [1.29, 1.82) is 0 Å². The van der Waals surface area contributed by atoms with E-state index in [2.05, 4.69) is 149 Å². The van der Waals surface area contributed by atoms with Gasteiger partial charge in [-0.1, -0.05) is 147 Å². The largest absolute Gasteiger partial charge is 0.0942 e. The zero-order valence-electron chi connectivity index (χ0n) is 23.1. The van der Waals surface area contributed by atoms with Crippen molar-refractivity contribution in [2.75, 3.05) is 0 Å². The van der Waals surface area contributed by atoms with Crippen molar-refractivity contribution in [3.05, 3.63) is 142 Å². The van der Waals surface area contributed by atoms with Crippen LogP contribution in [0.15, 0.2) is 109 Å². The number of hydrogen-bond donors (Lipinski definition) is 0. The lowest BCUT2D eigenvalue weighted by Gasteiger charge is -2.23. The van der Waals surface area contributed by atoms with Crippen molar-refractivity contribution in [2.24, 2.45) is 0 Å². The average molecular weight is 509 g/mol. The average Bonchev–Trinajstić information content (AvgIpc) is 3.45. The van der Waals surface area contributed by atoms with Gasteiger partial charge < -0.3 is 0 Å². The van der Waals surface area contributed by atoms with E-state index < -0.39 is 8.41 Å². The molecule has 4 aromatic rings. The second-order valence-corrected chi connectivity index (χ2v) is 14.2. The highest BCUT2D eigenvalue weighted by Crippen LogP contribution is 2.53. The van der Waals surface area contributed by atoms with Crippen LogP contribution in [0.1, 0.15) is 66.0 Å². The van der Waals surface area contributed by atoms with Gasteiger partial charge in [-0.25, -0.2) is 0 Å². The molecule has 6 rings (SSSR count). The molecule has 188 valence electrons. The molecule has 0 amide bonds. The summed E-state index contributed by atoms with van der Waals surface area (Å²) in [5.41, 5.74) is 16.5. The van der Waals surface area contributed by atoms with E-state index in [1.807, 2.05) is 0 Å². The van der Waals surface area contributed by atoms with Crippen molar-refractivity contribution in [1.82, 2.24) is 0 Å². The van der Waals surface area contributed by atoms with Crippen LogP contribution in [0.4, 0.5) is 0 Å². The van der Waals surface area contributed by atoms with Gasteiger partial charge in [0.25, 0.3) is 0 Å². The first-order valence-corrected chi connectivity index (χ1v) is 16.4. The van der Waals surface area contributed by atoms with Crippen molar-refractivity contribution < 1.29 is 0 Å². The second kappa shape index (κ2) is 9.64. The Kier molecular flexibility index (Phi) is 6.28. The third-order valence-electron chi connectivity index (χ3n) is 8.33. The van der Waals surface area contributed by atoms with Crippen LogP contribution in [0.3, 0.4) is 0 Å². The van der Waals surface area contributed by atoms with Crippen molar-refractivity contribution in [2.45, 2.75) is 51.1 Å².